The highest BCUT2D eigenvalue weighted by Crippen LogP contribution is 2.20. The van der Waals surface area contributed by atoms with Crippen LogP contribution in [0, 0.1) is 0 Å². The molecule has 0 aromatic heterocycles. The van der Waals surface area contributed by atoms with Crippen LogP contribution in [0.15, 0.2) is 45.8 Å². The number of aliphatic imine (C=N–C) groups is 2. The molecule has 1 aromatic carbocycles. The van der Waals surface area contributed by atoms with Crippen LogP contribution in [-0.2, 0) is 9.53 Å². The van der Waals surface area contributed by atoms with Crippen molar-refractivity contribution in [3.05, 3.63) is 35.8 Å². The number of ether oxygens (including phenoxy) is 2. The van der Waals surface area contributed by atoms with Gasteiger partial charge in [0, 0.05) is 37.9 Å². The van der Waals surface area contributed by atoms with E-state index in [0.717, 1.165) is 38.1 Å². The van der Waals surface area contributed by atoms with Crippen LogP contribution in [0.1, 0.15) is 32.6 Å². The molecule has 9 heteroatoms. The molecule has 1 fully saturated rings. The smallest absolute Gasteiger partial charge is 0.271 e. The van der Waals surface area contributed by atoms with Crippen LogP contribution in [0.25, 0.3) is 0 Å². The fourth-order valence-electron chi connectivity index (χ4n) is 3.08. The summed E-state index contributed by atoms with van der Waals surface area (Å²) in [5.74, 6) is 1.12. The summed E-state index contributed by atoms with van der Waals surface area (Å²) in [6, 6.07) is 7.62. The minimum Gasteiger partial charge on any atom is -0.492 e. The van der Waals surface area contributed by atoms with Crippen molar-refractivity contribution in [1.82, 2.24) is 10.6 Å². The summed E-state index contributed by atoms with van der Waals surface area (Å²) in [5, 5.41) is 9.49. The molecule has 0 bridgehead atoms. The van der Waals surface area contributed by atoms with Crippen molar-refractivity contribution in [2.24, 2.45) is 15.7 Å². The average molecular weight is 431 g/mol. The van der Waals surface area contributed by atoms with Crippen LogP contribution in [0.3, 0.4) is 0 Å². The van der Waals surface area contributed by atoms with Gasteiger partial charge in [0.05, 0.1) is 6.04 Å². The molecule has 1 aliphatic rings. The first-order valence-electron chi connectivity index (χ1n) is 10.6. The summed E-state index contributed by atoms with van der Waals surface area (Å²) in [6.07, 6.45) is 3.36. The van der Waals surface area contributed by atoms with Gasteiger partial charge in [-0.2, -0.15) is 0 Å². The Balaban J connectivity index is 2.26. The van der Waals surface area contributed by atoms with Gasteiger partial charge in [-0.1, -0.05) is 13.0 Å². The molecule has 31 heavy (non-hydrogen) atoms. The minimum atomic E-state index is -0.687. The van der Waals surface area contributed by atoms with Gasteiger partial charge in [-0.05, 0) is 45.2 Å². The SMILES string of the molecule is C=N/C(C(N)=O)=C(\NC(CCC)=NC1CCOCC1)Nc1cccc(OCCNC)c1. The summed E-state index contributed by atoms with van der Waals surface area (Å²) < 4.78 is 11.1. The van der Waals surface area contributed by atoms with E-state index in [4.69, 9.17) is 20.2 Å². The minimum absolute atomic E-state index is 0.0114. The Hall–Kier alpha value is -2.91. The maximum atomic E-state index is 12.0. The van der Waals surface area contributed by atoms with Gasteiger partial charge in [0.1, 0.15) is 24.0 Å². The van der Waals surface area contributed by atoms with E-state index in [1.807, 2.05) is 31.3 Å². The lowest BCUT2D eigenvalue weighted by Gasteiger charge is -2.22. The van der Waals surface area contributed by atoms with Crippen molar-refractivity contribution in [2.45, 2.75) is 38.6 Å². The van der Waals surface area contributed by atoms with E-state index >= 15 is 0 Å². The Morgan fingerprint density at radius 1 is 1.35 bits per heavy atom. The monoisotopic (exact) mass is 430 g/mol. The van der Waals surface area contributed by atoms with Gasteiger partial charge < -0.3 is 31.2 Å². The molecule has 1 saturated heterocycles. The van der Waals surface area contributed by atoms with E-state index in [0.29, 0.717) is 37.1 Å². The number of likely N-dealkylation sites (N-methyl/N-ethyl adjacent to an activating group) is 1. The summed E-state index contributed by atoms with van der Waals surface area (Å²) >= 11 is 0. The zero-order valence-corrected chi connectivity index (χ0v) is 18.4. The summed E-state index contributed by atoms with van der Waals surface area (Å²) in [5.41, 5.74) is 6.28. The molecule has 1 aliphatic heterocycles. The topological polar surface area (TPSA) is 122 Å². The van der Waals surface area contributed by atoms with Crippen molar-refractivity contribution in [1.29, 1.82) is 0 Å². The van der Waals surface area contributed by atoms with E-state index in [9.17, 15) is 4.79 Å². The molecular weight excluding hydrogens is 396 g/mol. The normalized spacial score (nSPS) is 15.7. The number of carbonyl (C=O) groups excluding carboxylic acids is 1. The van der Waals surface area contributed by atoms with Crippen molar-refractivity contribution < 1.29 is 14.3 Å². The molecule has 0 saturated carbocycles. The summed E-state index contributed by atoms with van der Waals surface area (Å²) in [7, 11) is 1.87. The van der Waals surface area contributed by atoms with Gasteiger partial charge in [0.25, 0.3) is 5.91 Å². The van der Waals surface area contributed by atoms with E-state index in [1.165, 1.54) is 0 Å². The second kappa shape index (κ2) is 13.4. The zero-order chi connectivity index (χ0) is 22.5. The first kappa shape index (κ1) is 24.4. The van der Waals surface area contributed by atoms with Crippen LogP contribution in [0.4, 0.5) is 5.69 Å². The van der Waals surface area contributed by atoms with Gasteiger partial charge in [-0.3, -0.25) is 14.8 Å². The largest absolute Gasteiger partial charge is 0.492 e. The number of hydrogen-bond donors (Lipinski definition) is 4. The van der Waals surface area contributed by atoms with Gasteiger partial charge in [0.15, 0.2) is 5.70 Å². The fraction of sp³-hybridized carbons (Fsp3) is 0.500. The third kappa shape index (κ3) is 8.39. The Morgan fingerprint density at radius 3 is 2.77 bits per heavy atom. The van der Waals surface area contributed by atoms with Crippen molar-refractivity contribution in [3.63, 3.8) is 0 Å². The Bertz CT molecular complexity index is 787. The van der Waals surface area contributed by atoms with E-state index in [1.54, 1.807) is 0 Å². The van der Waals surface area contributed by atoms with Crippen LogP contribution >= 0.6 is 0 Å². The second-order valence-electron chi connectivity index (χ2n) is 7.15. The number of carbonyl (C=O) groups is 1. The number of nitrogens with two attached hydrogens (primary N) is 1. The highest BCUT2D eigenvalue weighted by Gasteiger charge is 2.17. The number of amides is 1. The molecule has 170 valence electrons. The van der Waals surface area contributed by atoms with Gasteiger partial charge in [0.2, 0.25) is 0 Å². The van der Waals surface area contributed by atoms with Gasteiger partial charge in [-0.25, -0.2) is 0 Å². The zero-order valence-electron chi connectivity index (χ0n) is 18.4. The molecule has 9 nitrogen and oxygen atoms in total. The standard InChI is InChI=1S/C22H34N6O3/c1-4-6-19(26-16-9-12-30-13-10-16)28-22(20(25-3)21(23)29)27-17-7-5-8-18(15-17)31-14-11-24-2/h5,7-8,15-16,24,27H,3-4,6,9-14H2,1-2H3,(H2,23,29)(H,26,28)/b22-20-. The summed E-state index contributed by atoms with van der Waals surface area (Å²) in [6.45, 7) is 8.26. The van der Waals surface area contributed by atoms with Crippen molar-refractivity contribution in [3.8, 4) is 5.75 Å². The molecule has 0 aliphatic carbocycles. The molecule has 0 atom stereocenters. The number of anilines is 1. The fourth-order valence-corrected chi connectivity index (χ4v) is 3.08. The van der Waals surface area contributed by atoms with Crippen LogP contribution < -0.4 is 26.4 Å². The number of nitrogens with zero attached hydrogens (tertiary/aromatic N) is 2. The molecule has 0 radical (unpaired) electrons. The second-order valence-corrected chi connectivity index (χ2v) is 7.15. The third-order valence-electron chi connectivity index (χ3n) is 4.64. The van der Waals surface area contributed by atoms with E-state index in [-0.39, 0.29) is 11.7 Å². The molecular formula is C22H34N6O3. The first-order valence-corrected chi connectivity index (χ1v) is 10.6. The quantitative estimate of drug-likeness (QED) is 0.174. The van der Waals surface area contributed by atoms with Crippen molar-refractivity contribution in [2.75, 3.05) is 38.7 Å². The molecule has 0 unspecified atom stereocenters. The predicted molar refractivity (Wildman–Crippen MR) is 125 cm³/mol. The summed E-state index contributed by atoms with van der Waals surface area (Å²) in [4.78, 5) is 20.7. The predicted octanol–water partition coefficient (Wildman–Crippen LogP) is 2.02. The Kier molecular flexibility index (Phi) is 10.5. The molecule has 1 amide bonds. The Morgan fingerprint density at radius 2 is 2.13 bits per heavy atom. The van der Waals surface area contributed by atoms with Crippen LogP contribution in [0.2, 0.25) is 0 Å². The van der Waals surface area contributed by atoms with Gasteiger partial charge >= 0.3 is 0 Å². The maximum Gasteiger partial charge on any atom is 0.271 e. The molecule has 2 rings (SSSR count). The highest BCUT2D eigenvalue weighted by atomic mass is 16.5. The van der Waals surface area contributed by atoms with Crippen LogP contribution in [0.5, 0.6) is 5.75 Å². The number of primary amides is 1. The first-order chi connectivity index (χ1) is 15.1. The number of rotatable bonds is 12. The maximum absolute atomic E-state index is 12.0. The lowest BCUT2D eigenvalue weighted by molar-refractivity contribution is -0.114. The number of amidine groups is 1. The van der Waals surface area contributed by atoms with Crippen molar-refractivity contribution >= 4 is 24.1 Å². The number of hydrogen-bond acceptors (Lipinski definition) is 7. The molecule has 1 heterocycles. The Labute approximate surface area is 184 Å². The van der Waals surface area contributed by atoms with E-state index in [2.05, 4.69) is 34.6 Å². The highest BCUT2D eigenvalue weighted by molar-refractivity contribution is 5.95. The molecule has 5 N–H and O–H groups in total. The van der Waals surface area contributed by atoms with Crippen LogP contribution in [-0.4, -0.2) is 57.9 Å². The molecule has 1 aromatic rings. The number of benzene rings is 1. The third-order valence-corrected chi connectivity index (χ3v) is 4.64. The number of nitrogens with one attached hydrogen (secondary N) is 3. The lowest BCUT2D eigenvalue weighted by atomic mass is 10.1. The van der Waals surface area contributed by atoms with Gasteiger partial charge in [-0.15, -0.1) is 0 Å². The van der Waals surface area contributed by atoms with E-state index < -0.39 is 5.91 Å². The lowest BCUT2D eigenvalue weighted by Crippen LogP contribution is -2.33. The average Bonchev–Trinajstić information content (AvgIpc) is 2.75. The molecule has 0 spiro atoms.